The van der Waals surface area contributed by atoms with Crippen molar-refractivity contribution in [3.05, 3.63) is 35.9 Å². The number of benzene rings is 1. The van der Waals surface area contributed by atoms with E-state index in [0.29, 0.717) is 5.56 Å². The van der Waals surface area contributed by atoms with Crippen LogP contribution in [0.1, 0.15) is 24.2 Å². The Balaban J connectivity index is 2.54. The fourth-order valence-electron chi connectivity index (χ4n) is 1.06. The third kappa shape index (κ3) is 3.70. The molecular weight excluding hydrogens is 206 g/mol. The molecule has 0 unspecified atom stereocenters. The Labute approximate surface area is 94.1 Å². The lowest BCUT2D eigenvalue weighted by molar-refractivity contribution is 0.0922. The minimum atomic E-state index is -0.612. The molecule has 0 fully saturated rings. The SMILES string of the molecule is CC(C)(/C=N\O)NNC(=O)c1ccccc1. The highest BCUT2D eigenvalue weighted by molar-refractivity contribution is 5.93. The molecule has 0 spiro atoms. The molecule has 1 aromatic rings. The summed E-state index contributed by atoms with van der Waals surface area (Å²) in [5.74, 6) is -0.236. The van der Waals surface area contributed by atoms with E-state index in [0.717, 1.165) is 0 Å². The summed E-state index contributed by atoms with van der Waals surface area (Å²) in [5.41, 5.74) is 5.23. The van der Waals surface area contributed by atoms with Gasteiger partial charge in [-0.1, -0.05) is 18.2 Å². The molecule has 0 aliphatic carbocycles. The number of nitrogens with one attached hydrogen (secondary N) is 2. The van der Waals surface area contributed by atoms with Crippen LogP contribution in [0.3, 0.4) is 0 Å². The van der Waals surface area contributed by atoms with Crippen LogP contribution in [0.4, 0.5) is 0 Å². The second kappa shape index (κ2) is 5.27. The van der Waals surface area contributed by atoms with Crippen LogP contribution in [0, 0.1) is 0 Å². The molecule has 1 rings (SSSR count). The Kier molecular flexibility index (Phi) is 4.02. The number of hydrogen-bond acceptors (Lipinski definition) is 4. The van der Waals surface area contributed by atoms with Gasteiger partial charge in [-0.15, -0.1) is 5.16 Å². The summed E-state index contributed by atoms with van der Waals surface area (Å²) in [5, 5.41) is 11.3. The largest absolute Gasteiger partial charge is 0.411 e. The van der Waals surface area contributed by atoms with Crippen LogP contribution in [0.15, 0.2) is 35.5 Å². The molecule has 0 saturated heterocycles. The lowest BCUT2D eigenvalue weighted by Crippen LogP contribution is -2.51. The van der Waals surface area contributed by atoms with E-state index < -0.39 is 5.54 Å². The summed E-state index contributed by atoms with van der Waals surface area (Å²) in [6, 6.07) is 8.84. The minimum Gasteiger partial charge on any atom is -0.411 e. The third-order valence-corrected chi connectivity index (χ3v) is 1.91. The van der Waals surface area contributed by atoms with Crippen molar-refractivity contribution in [2.24, 2.45) is 5.16 Å². The first-order valence-corrected chi connectivity index (χ1v) is 4.86. The fraction of sp³-hybridized carbons (Fsp3) is 0.273. The first kappa shape index (κ1) is 12.2. The van der Waals surface area contributed by atoms with Gasteiger partial charge in [0.05, 0.1) is 11.8 Å². The molecule has 3 N–H and O–H groups in total. The summed E-state index contributed by atoms with van der Waals surface area (Å²) in [7, 11) is 0. The monoisotopic (exact) mass is 221 g/mol. The van der Waals surface area contributed by atoms with Crippen LogP contribution in [-0.2, 0) is 0 Å². The second-order valence-electron chi connectivity index (χ2n) is 3.91. The lowest BCUT2D eigenvalue weighted by atomic mass is 10.1. The van der Waals surface area contributed by atoms with Crippen molar-refractivity contribution in [2.45, 2.75) is 19.4 Å². The van der Waals surface area contributed by atoms with E-state index in [2.05, 4.69) is 16.0 Å². The Hall–Kier alpha value is -1.88. The second-order valence-corrected chi connectivity index (χ2v) is 3.91. The van der Waals surface area contributed by atoms with Gasteiger partial charge in [-0.2, -0.15) is 0 Å². The van der Waals surface area contributed by atoms with Crippen molar-refractivity contribution in [2.75, 3.05) is 0 Å². The van der Waals surface area contributed by atoms with Crippen molar-refractivity contribution in [3.8, 4) is 0 Å². The number of hydrogen-bond donors (Lipinski definition) is 3. The van der Waals surface area contributed by atoms with E-state index in [4.69, 9.17) is 5.21 Å². The first-order chi connectivity index (χ1) is 7.55. The first-order valence-electron chi connectivity index (χ1n) is 4.86. The van der Waals surface area contributed by atoms with Crippen LogP contribution in [0.25, 0.3) is 0 Å². The van der Waals surface area contributed by atoms with Crippen LogP contribution in [0.5, 0.6) is 0 Å². The molecular formula is C11H15N3O2. The van der Waals surface area contributed by atoms with Gasteiger partial charge in [0.1, 0.15) is 0 Å². The topological polar surface area (TPSA) is 73.7 Å². The maximum Gasteiger partial charge on any atom is 0.265 e. The molecule has 0 saturated carbocycles. The van der Waals surface area contributed by atoms with E-state index in [1.165, 1.54) is 6.21 Å². The fourth-order valence-corrected chi connectivity index (χ4v) is 1.06. The quantitative estimate of drug-likeness (QED) is 0.406. The zero-order valence-electron chi connectivity index (χ0n) is 9.27. The number of carbonyl (C=O) groups is 1. The third-order valence-electron chi connectivity index (χ3n) is 1.91. The van der Waals surface area contributed by atoms with Crippen molar-refractivity contribution in [1.82, 2.24) is 10.9 Å². The average molecular weight is 221 g/mol. The molecule has 5 nitrogen and oxygen atoms in total. The van der Waals surface area contributed by atoms with E-state index in [-0.39, 0.29) is 5.91 Å². The number of carbonyl (C=O) groups excluding carboxylic acids is 1. The van der Waals surface area contributed by atoms with E-state index in [9.17, 15) is 4.79 Å². The van der Waals surface area contributed by atoms with Gasteiger partial charge < -0.3 is 5.21 Å². The van der Waals surface area contributed by atoms with Crippen LogP contribution in [0.2, 0.25) is 0 Å². The molecule has 86 valence electrons. The lowest BCUT2D eigenvalue weighted by Gasteiger charge is -2.20. The zero-order valence-corrected chi connectivity index (χ0v) is 9.27. The highest BCUT2D eigenvalue weighted by atomic mass is 16.4. The van der Waals surface area contributed by atoms with Gasteiger partial charge in [0.2, 0.25) is 0 Å². The van der Waals surface area contributed by atoms with E-state index in [1.54, 1.807) is 38.1 Å². The van der Waals surface area contributed by atoms with Gasteiger partial charge in [0.15, 0.2) is 0 Å². The molecule has 0 radical (unpaired) electrons. The highest BCUT2D eigenvalue weighted by Gasteiger charge is 2.15. The Morgan fingerprint density at radius 2 is 2.00 bits per heavy atom. The predicted molar refractivity (Wildman–Crippen MR) is 61.4 cm³/mol. The number of nitrogens with zero attached hydrogens (tertiary/aromatic N) is 1. The molecule has 1 amide bonds. The smallest absolute Gasteiger partial charge is 0.265 e. The molecule has 0 aliphatic rings. The van der Waals surface area contributed by atoms with Gasteiger partial charge in [-0.25, -0.2) is 5.43 Å². The molecule has 0 aromatic heterocycles. The van der Waals surface area contributed by atoms with Gasteiger partial charge >= 0.3 is 0 Å². The maximum absolute atomic E-state index is 11.6. The van der Waals surface area contributed by atoms with Crippen molar-refractivity contribution >= 4 is 12.1 Å². The number of oxime groups is 1. The van der Waals surface area contributed by atoms with E-state index >= 15 is 0 Å². The number of amides is 1. The zero-order chi connectivity index (χ0) is 12.0. The van der Waals surface area contributed by atoms with Crippen LogP contribution >= 0.6 is 0 Å². The van der Waals surface area contributed by atoms with E-state index in [1.807, 2.05) is 6.07 Å². The summed E-state index contributed by atoms with van der Waals surface area (Å²) in [6.45, 7) is 3.52. The summed E-state index contributed by atoms with van der Waals surface area (Å²) in [6.07, 6.45) is 1.29. The van der Waals surface area contributed by atoms with Gasteiger partial charge in [-0.3, -0.25) is 10.2 Å². The summed E-state index contributed by atoms with van der Waals surface area (Å²) in [4.78, 5) is 11.6. The normalized spacial score (nSPS) is 11.6. The predicted octanol–water partition coefficient (Wildman–Crippen LogP) is 1.16. The van der Waals surface area contributed by atoms with Crippen molar-refractivity contribution in [3.63, 3.8) is 0 Å². The summed E-state index contributed by atoms with van der Waals surface area (Å²) >= 11 is 0. The minimum absolute atomic E-state index is 0.236. The molecule has 16 heavy (non-hydrogen) atoms. The Bertz CT molecular complexity index is 374. The number of hydrazine groups is 1. The standard InChI is InChI=1S/C11H15N3O2/c1-11(2,8-12-16)14-13-10(15)9-6-4-3-5-7-9/h3-8,14,16H,1-2H3,(H,13,15)/b12-8-. The van der Waals surface area contributed by atoms with Crippen molar-refractivity contribution in [1.29, 1.82) is 0 Å². The van der Waals surface area contributed by atoms with Crippen LogP contribution < -0.4 is 10.9 Å². The van der Waals surface area contributed by atoms with Gasteiger partial charge in [0, 0.05) is 5.56 Å². The highest BCUT2D eigenvalue weighted by Crippen LogP contribution is 1.99. The van der Waals surface area contributed by atoms with Crippen LogP contribution in [-0.4, -0.2) is 22.9 Å². The molecule has 0 atom stereocenters. The average Bonchev–Trinajstić information content (AvgIpc) is 2.27. The summed E-state index contributed by atoms with van der Waals surface area (Å²) < 4.78 is 0. The molecule has 1 aromatic carbocycles. The van der Waals surface area contributed by atoms with Gasteiger partial charge in [-0.05, 0) is 26.0 Å². The molecule has 0 aliphatic heterocycles. The Morgan fingerprint density at radius 3 is 2.56 bits per heavy atom. The Morgan fingerprint density at radius 1 is 1.38 bits per heavy atom. The molecule has 0 bridgehead atoms. The molecule has 0 heterocycles. The molecule has 5 heteroatoms. The van der Waals surface area contributed by atoms with Gasteiger partial charge in [0.25, 0.3) is 5.91 Å². The number of rotatable bonds is 4. The van der Waals surface area contributed by atoms with Crippen molar-refractivity contribution < 1.29 is 10.0 Å². The maximum atomic E-state index is 11.6.